The number of aromatic nitrogens is 2. The maximum absolute atomic E-state index is 12.7. The lowest BCUT2D eigenvalue weighted by atomic mass is 9.96. The molecule has 2 aromatic heterocycles. The van der Waals surface area contributed by atoms with E-state index in [1.165, 1.54) is 23.7 Å². The molecule has 0 bridgehead atoms. The first-order valence-electron chi connectivity index (χ1n) is 10.7. The molecule has 4 rings (SSSR count). The standard InChI is InChI=1S/C25H26N4OS/c1-16-8-6-9-17(2)24(16)29-22(30)15-31-25-19(14-26)23(21-12-7-13-27-21)18-10-4-3-5-11-20(18)28-25/h6-9,12-13,27H,3-5,10-11,15H2,1-2H3,(H,29,30). The van der Waals surface area contributed by atoms with Crippen LogP contribution in [-0.4, -0.2) is 21.6 Å². The van der Waals surface area contributed by atoms with E-state index < -0.39 is 0 Å². The van der Waals surface area contributed by atoms with Crippen LogP contribution in [0.4, 0.5) is 5.69 Å². The second-order valence-electron chi connectivity index (χ2n) is 7.95. The molecular weight excluding hydrogens is 404 g/mol. The van der Waals surface area contributed by atoms with Crippen LogP contribution in [0, 0.1) is 25.2 Å². The van der Waals surface area contributed by atoms with Crippen molar-refractivity contribution in [2.75, 3.05) is 11.1 Å². The monoisotopic (exact) mass is 430 g/mol. The maximum atomic E-state index is 12.7. The summed E-state index contributed by atoms with van der Waals surface area (Å²) in [6, 6.07) is 12.3. The third kappa shape index (κ3) is 4.52. The number of para-hydroxylation sites is 1. The molecule has 5 nitrogen and oxygen atoms in total. The molecule has 0 spiro atoms. The molecule has 0 atom stereocenters. The highest BCUT2D eigenvalue weighted by Crippen LogP contribution is 2.37. The number of nitriles is 1. The fourth-order valence-corrected chi connectivity index (χ4v) is 5.01. The van der Waals surface area contributed by atoms with Gasteiger partial charge in [-0.05, 0) is 68.4 Å². The molecule has 158 valence electrons. The second-order valence-corrected chi connectivity index (χ2v) is 8.92. The number of pyridine rings is 1. The van der Waals surface area contributed by atoms with Gasteiger partial charge in [0.15, 0.2) is 0 Å². The van der Waals surface area contributed by atoms with Crippen molar-refractivity contribution in [3.8, 4) is 17.3 Å². The Morgan fingerprint density at radius 1 is 1.16 bits per heavy atom. The van der Waals surface area contributed by atoms with Crippen LogP contribution in [0.3, 0.4) is 0 Å². The molecule has 31 heavy (non-hydrogen) atoms. The molecule has 1 amide bonds. The quantitative estimate of drug-likeness (QED) is 0.410. The minimum Gasteiger partial charge on any atom is -0.361 e. The SMILES string of the molecule is Cc1cccc(C)c1NC(=O)CSc1nc2c(c(-c3ccc[nH]3)c1C#N)CCCCC2. The third-order valence-electron chi connectivity index (χ3n) is 5.76. The number of hydrogen-bond acceptors (Lipinski definition) is 4. The first-order valence-corrected chi connectivity index (χ1v) is 11.7. The number of amides is 1. The predicted octanol–water partition coefficient (Wildman–Crippen LogP) is 5.56. The smallest absolute Gasteiger partial charge is 0.234 e. The Labute approximate surface area is 187 Å². The van der Waals surface area contributed by atoms with Crippen molar-refractivity contribution in [1.29, 1.82) is 5.26 Å². The average molecular weight is 431 g/mol. The van der Waals surface area contributed by atoms with Crippen molar-refractivity contribution >= 4 is 23.4 Å². The summed E-state index contributed by atoms with van der Waals surface area (Å²) in [7, 11) is 0. The summed E-state index contributed by atoms with van der Waals surface area (Å²) in [5.74, 6) is 0.114. The second kappa shape index (κ2) is 9.40. The van der Waals surface area contributed by atoms with Gasteiger partial charge in [-0.25, -0.2) is 4.98 Å². The van der Waals surface area contributed by atoms with Crippen molar-refractivity contribution in [2.24, 2.45) is 0 Å². The van der Waals surface area contributed by atoms with Gasteiger partial charge < -0.3 is 10.3 Å². The van der Waals surface area contributed by atoms with Crippen LogP contribution in [0.15, 0.2) is 41.6 Å². The summed E-state index contributed by atoms with van der Waals surface area (Å²) in [6.45, 7) is 3.97. The Kier molecular flexibility index (Phi) is 6.43. The zero-order valence-electron chi connectivity index (χ0n) is 17.9. The van der Waals surface area contributed by atoms with Crippen LogP contribution < -0.4 is 5.32 Å². The van der Waals surface area contributed by atoms with Gasteiger partial charge >= 0.3 is 0 Å². The number of H-pyrrole nitrogens is 1. The van der Waals surface area contributed by atoms with Gasteiger partial charge in [0.25, 0.3) is 0 Å². The summed E-state index contributed by atoms with van der Waals surface area (Å²) in [4.78, 5) is 20.8. The molecule has 0 aliphatic heterocycles. The number of hydrogen-bond donors (Lipinski definition) is 2. The molecule has 3 aromatic rings. The van der Waals surface area contributed by atoms with Crippen LogP contribution in [-0.2, 0) is 17.6 Å². The number of carbonyl (C=O) groups is 1. The maximum Gasteiger partial charge on any atom is 0.234 e. The number of anilines is 1. The van der Waals surface area contributed by atoms with E-state index >= 15 is 0 Å². The zero-order chi connectivity index (χ0) is 21.8. The van der Waals surface area contributed by atoms with Crippen molar-refractivity contribution < 1.29 is 4.79 Å². The molecule has 6 heteroatoms. The summed E-state index contributed by atoms with van der Waals surface area (Å²) < 4.78 is 0. The Morgan fingerprint density at radius 3 is 2.65 bits per heavy atom. The van der Waals surface area contributed by atoms with Gasteiger partial charge in [0, 0.05) is 28.8 Å². The van der Waals surface area contributed by atoms with Crippen LogP contribution >= 0.6 is 11.8 Å². The number of nitrogens with one attached hydrogen (secondary N) is 2. The van der Waals surface area contributed by atoms with Crippen LogP contribution in [0.1, 0.15) is 47.2 Å². The van der Waals surface area contributed by atoms with E-state index in [4.69, 9.17) is 4.98 Å². The van der Waals surface area contributed by atoms with Crippen molar-refractivity contribution in [3.63, 3.8) is 0 Å². The van der Waals surface area contributed by atoms with Gasteiger partial charge in [-0.15, -0.1) is 0 Å². The molecule has 0 unspecified atom stereocenters. The summed E-state index contributed by atoms with van der Waals surface area (Å²) >= 11 is 1.34. The van der Waals surface area contributed by atoms with Gasteiger partial charge in [-0.1, -0.05) is 36.4 Å². The number of nitrogens with zero attached hydrogens (tertiary/aromatic N) is 2. The van der Waals surface area contributed by atoms with Gasteiger partial charge in [0.1, 0.15) is 11.1 Å². The molecule has 1 aliphatic carbocycles. The summed E-state index contributed by atoms with van der Waals surface area (Å²) in [6.07, 6.45) is 7.11. The Bertz CT molecular complexity index is 1130. The normalized spacial score (nSPS) is 13.2. The summed E-state index contributed by atoms with van der Waals surface area (Å²) in [5.41, 5.74) is 7.64. The van der Waals surface area contributed by atoms with Gasteiger partial charge in [0.05, 0.1) is 11.3 Å². The number of thioether (sulfide) groups is 1. The van der Waals surface area contributed by atoms with Gasteiger partial charge in [-0.3, -0.25) is 4.79 Å². The van der Waals surface area contributed by atoms with E-state index in [2.05, 4.69) is 16.4 Å². The number of carbonyl (C=O) groups excluding carboxylic acids is 1. The Balaban J connectivity index is 1.64. The predicted molar refractivity (Wildman–Crippen MR) is 125 cm³/mol. The number of aromatic amines is 1. The first-order chi connectivity index (χ1) is 15.1. The van der Waals surface area contributed by atoms with Crippen molar-refractivity contribution in [2.45, 2.75) is 51.0 Å². The lowest BCUT2D eigenvalue weighted by Crippen LogP contribution is -2.16. The van der Waals surface area contributed by atoms with E-state index in [0.717, 1.165) is 59.4 Å². The van der Waals surface area contributed by atoms with E-state index in [1.807, 2.05) is 50.4 Å². The largest absolute Gasteiger partial charge is 0.361 e. The first kappa shape index (κ1) is 21.2. The number of fused-ring (bicyclic) bond motifs is 1. The highest BCUT2D eigenvalue weighted by Gasteiger charge is 2.23. The molecule has 1 aliphatic rings. The van der Waals surface area contributed by atoms with Gasteiger partial charge in [0.2, 0.25) is 5.91 Å². The highest BCUT2D eigenvalue weighted by molar-refractivity contribution is 8.00. The van der Waals surface area contributed by atoms with Gasteiger partial charge in [-0.2, -0.15) is 5.26 Å². The number of benzene rings is 1. The summed E-state index contributed by atoms with van der Waals surface area (Å²) in [5, 5.41) is 13.7. The van der Waals surface area contributed by atoms with E-state index in [-0.39, 0.29) is 11.7 Å². The topological polar surface area (TPSA) is 81.6 Å². The van der Waals surface area contributed by atoms with Crippen molar-refractivity contribution in [1.82, 2.24) is 9.97 Å². The van der Waals surface area contributed by atoms with E-state index in [0.29, 0.717) is 10.6 Å². The van der Waals surface area contributed by atoms with Crippen LogP contribution in [0.25, 0.3) is 11.3 Å². The average Bonchev–Trinajstić information content (AvgIpc) is 3.19. The molecule has 2 N–H and O–H groups in total. The number of rotatable bonds is 5. The molecule has 0 fully saturated rings. The molecule has 2 heterocycles. The Hall–Kier alpha value is -3.04. The molecular formula is C25H26N4OS. The molecule has 0 saturated heterocycles. The van der Waals surface area contributed by atoms with E-state index in [9.17, 15) is 10.1 Å². The van der Waals surface area contributed by atoms with Crippen molar-refractivity contribution in [3.05, 3.63) is 64.5 Å². The fraction of sp³-hybridized carbons (Fsp3) is 0.320. The molecule has 1 aromatic carbocycles. The van der Waals surface area contributed by atoms with Crippen LogP contribution in [0.5, 0.6) is 0 Å². The highest BCUT2D eigenvalue weighted by atomic mass is 32.2. The minimum atomic E-state index is -0.0931. The lowest BCUT2D eigenvalue weighted by Gasteiger charge is -2.16. The third-order valence-corrected chi connectivity index (χ3v) is 6.73. The number of aryl methyl sites for hydroxylation is 3. The Morgan fingerprint density at radius 2 is 1.94 bits per heavy atom. The lowest BCUT2D eigenvalue weighted by molar-refractivity contribution is -0.113. The van der Waals surface area contributed by atoms with E-state index in [1.54, 1.807) is 0 Å². The van der Waals surface area contributed by atoms with Crippen LogP contribution in [0.2, 0.25) is 0 Å². The molecule has 0 radical (unpaired) electrons. The zero-order valence-corrected chi connectivity index (χ0v) is 18.7. The minimum absolute atomic E-state index is 0.0931. The molecule has 0 saturated carbocycles. The fourth-order valence-electron chi connectivity index (χ4n) is 4.21.